The van der Waals surface area contributed by atoms with E-state index >= 15 is 0 Å². The Morgan fingerprint density at radius 2 is 1.95 bits per heavy atom. The molecule has 0 bridgehead atoms. The van der Waals surface area contributed by atoms with E-state index in [1.807, 2.05) is 24.5 Å². The van der Waals surface area contributed by atoms with Crippen LogP contribution in [0.15, 0.2) is 54.9 Å². The number of nitrogens with one attached hydrogen (secondary N) is 1. The number of pyridine rings is 2. The third kappa shape index (κ3) is 2.62. The van der Waals surface area contributed by atoms with Crippen molar-refractivity contribution in [3.05, 3.63) is 54.9 Å². The normalized spacial score (nSPS) is 10.7. The van der Waals surface area contributed by atoms with Gasteiger partial charge in [0.25, 0.3) is 0 Å². The summed E-state index contributed by atoms with van der Waals surface area (Å²) in [7, 11) is 0. The number of hydrogen-bond acceptors (Lipinski definition) is 3. The Morgan fingerprint density at radius 1 is 1.00 bits per heavy atom. The van der Waals surface area contributed by atoms with Gasteiger partial charge in [-0.1, -0.05) is 25.1 Å². The molecule has 0 saturated carbocycles. The van der Waals surface area contributed by atoms with E-state index in [2.05, 4.69) is 52.5 Å². The molecule has 2 heterocycles. The highest BCUT2D eigenvalue weighted by Gasteiger charge is 2.02. The van der Waals surface area contributed by atoms with Gasteiger partial charge in [-0.05, 0) is 30.7 Å². The lowest BCUT2D eigenvalue weighted by molar-refractivity contribution is 0.979. The first kappa shape index (κ1) is 12.6. The molecule has 0 radical (unpaired) electrons. The molecule has 3 aromatic rings. The molecule has 3 rings (SSSR count). The van der Waals surface area contributed by atoms with Crippen LogP contribution in [0.3, 0.4) is 0 Å². The molecule has 1 aromatic carbocycles. The Kier molecular flexibility index (Phi) is 3.59. The summed E-state index contributed by atoms with van der Waals surface area (Å²) < 4.78 is 0. The molecule has 2 aromatic heterocycles. The molecule has 0 aliphatic carbocycles. The summed E-state index contributed by atoms with van der Waals surface area (Å²) in [6, 6.07) is 14.4. The van der Waals surface area contributed by atoms with Crippen molar-refractivity contribution in [2.75, 3.05) is 11.9 Å². The summed E-state index contributed by atoms with van der Waals surface area (Å²) in [5.41, 5.74) is 4.17. The molecule has 100 valence electrons. The maximum Gasteiger partial charge on any atom is 0.0723 e. The Bertz CT molecular complexity index is 722. The van der Waals surface area contributed by atoms with E-state index in [0.29, 0.717) is 0 Å². The van der Waals surface area contributed by atoms with E-state index in [9.17, 15) is 0 Å². The minimum absolute atomic E-state index is 0.971. The number of nitrogens with zero attached hydrogens (tertiary/aromatic N) is 2. The van der Waals surface area contributed by atoms with Gasteiger partial charge in [-0.3, -0.25) is 9.97 Å². The van der Waals surface area contributed by atoms with Crippen molar-refractivity contribution in [2.45, 2.75) is 13.3 Å². The molecular weight excluding hydrogens is 246 g/mol. The Labute approximate surface area is 118 Å². The first-order chi connectivity index (χ1) is 9.86. The van der Waals surface area contributed by atoms with Gasteiger partial charge in [0.1, 0.15) is 0 Å². The van der Waals surface area contributed by atoms with Crippen LogP contribution in [0.25, 0.3) is 22.2 Å². The zero-order valence-corrected chi connectivity index (χ0v) is 11.5. The summed E-state index contributed by atoms with van der Waals surface area (Å²) in [5, 5.41) is 4.54. The fraction of sp³-hybridized carbons (Fsp3) is 0.176. The monoisotopic (exact) mass is 263 g/mol. The van der Waals surface area contributed by atoms with Crippen molar-refractivity contribution in [1.29, 1.82) is 0 Å². The minimum atomic E-state index is 0.971. The lowest BCUT2D eigenvalue weighted by Gasteiger charge is -2.07. The van der Waals surface area contributed by atoms with Crippen molar-refractivity contribution in [1.82, 2.24) is 9.97 Å². The van der Waals surface area contributed by atoms with Gasteiger partial charge >= 0.3 is 0 Å². The van der Waals surface area contributed by atoms with Crippen molar-refractivity contribution in [3.8, 4) is 11.3 Å². The first-order valence-electron chi connectivity index (χ1n) is 6.92. The Balaban J connectivity index is 1.97. The lowest BCUT2D eigenvalue weighted by atomic mass is 10.1. The predicted octanol–water partition coefficient (Wildman–Crippen LogP) is 4.12. The summed E-state index contributed by atoms with van der Waals surface area (Å²) >= 11 is 0. The van der Waals surface area contributed by atoms with E-state index in [-0.39, 0.29) is 0 Å². The summed E-state index contributed by atoms with van der Waals surface area (Å²) in [4.78, 5) is 8.85. The molecule has 0 aliphatic heterocycles. The predicted molar refractivity (Wildman–Crippen MR) is 83.8 cm³/mol. The van der Waals surface area contributed by atoms with Crippen molar-refractivity contribution in [2.24, 2.45) is 0 Å². The molecule has 0 aliphatic rings. The molecule has 1 N–H and O–H groups in total. The molecule has 0 atom stereocenters. The minimum Gasteiger partial charge on any atom is -0.385 e. The van der Waals surface area contributed by atoms with Crippen molar-refractivity contribution >= 4 is 16.6 Å². The zero-order valence-electron chi connectivity index (χ0n) is 11.5. The van der Waals surface area contributed by atoms with E-state index in [4.69, 9.17) is 0 Å². The highest BCUT2D eigenvalue weighted by molar-refractivity contribution is 5.83. The van der Waals surface area contributed by atoms with Gasteiger partial charge in [0.05, 0.1) is 11.2 Å². The Morgan fingerprint density at radius 3 is 2.85 bits per heavy atom. The number of benzene rings is 1. The molecule has 0 fully saturated rings. The fourth-order valence-corrected chi connectivity index (χ4v) is 2.19. The third-order valence-corrected chi connectivity index (χ3v) is 3.24. The van der Waals surface area contributed by atoms with Crippen LogP contribution in [0.1, 0.15) is 13.3 Å². The van der Waals surface area contributed by atoms with Crippen LogP contribution in [-0.4, -0.2) is 16.5 Å². The van der Waals surface area contributed by atoms with Crippen LogP contribution >= 0.6 is 0 Å². The van der Waals surface area contributed by atoms with Gasteiger partial charge in [-0.15, -0.1) is 0 Å². The first-order valence-corrected chi connectivity index (χ1v) is 6.92. The quantitative estimate of drug-likeness (QED) is 0.769. The van der Waals surface area contributed by atoms with E-state index < -0.39 is 0 Å². The fourth-order valence-electron chi connectivity index (χ4n) is 2.19. The third-order valence-electron chi connectivity index (χ3n) is 3.24. The van der Waals surface area contributed by atoms with E-state index in [1.54, 1.807) is 0 Å². The summed E-state index contributed by atoms with van der Waals surface area (Å²) in [6.07, 6.45) is 4.77. The molecular formula is C17H17N3. The van der Waals surface area contributed by atoms with Gasteiger partial charge in [0.15, 0.2) is 0 Å². The smallest absolute Gasteiger partial charge is 0.0723 e. The van der Waals surface area contributed by atoms with Gasteiger partial charge in [-0.2, -0.15) is 0 Å². The number of hydrogen-bond donors (Lipinski definition) is 1. The second-order valence-corrected chi connectivity index (χ2v) is 4.77. The molecule has 0 unspecified atom stereocenters. The maximum atomic E-state index is 4.46. The average molecular weight is 263 g/mol. The molecule has 0 saturated heterocycles. The van der Waals surface area contributed by atoms with Crippen LogP contribution in [0.2, 0.25) is 0 Å². The van der Waals surface area contributed by atoms with Gasteiger partial charge in [0.2, 0.25) is 0 Å². The largest absolute Gasteiger partial charge is 0.385 e. The summed E-state index contributed by atoms with van der Waals surface area (Å²) in [5.74, 6) is 0. The Hall–Kier alpha value is -2.42. The van der Waals surface area contributed by atoms with Crippen LogP contribution in [0, 0.1) is 0 Å². The van der Waals surface area contributed by atoms with Gasteiger partial charge in [-0.25, -0.2) is 0 Å². The highest BCUT2D eigenvalue weighted by atomic mass is 14.9. The van der Waals surface area contributed by atoms with Crippen molar-refractivity contribution < 1.29 is 0 Å². The second kappa shape index (κ2) is 5.70. The van der Waals surface area contributed by atoms with Gasteiger partial charge < -0.3 is 5.32 Å². The number of aromatic nitrogens is 2. The molecule has 0 spiro atoms. The topological polar surface area (TPSA) is 37.8 Å². The highest BCUT2D eigenvalue weighted by Crippen LogP contribution is 2.23. The van der Waals surface area contributed by atoms with Crippen LogP contribution in [-0.2, 0) is 0 Å². The molecule has 0 amide bonds. The number of anilines is 1. The maximum absolute atomic E-state index is 4.46. The molecule has 20 heavy (non-hydrogen) atoms. The van der Waals surface area contributed by atoms with Crippen molar-refractivity contribution in [3.63, 3.8) is 0 Å². The standard InChI is InChI=1S/C17H17N3/c1-2-8-18-15-7-10-20-17(12-15)14-6-5-13-4-3-9-19-16(13)11-14/h3-7,9-12H,2,8H2,1H3,(H,18,20). The van der Waals surface area contributed by atoms with E-state index in [0.717, 1.165) is 40.8 Å². The van der Waals surface area contributed by atoms with Crippen LogP contribution < -0.4 is 5.32 Å². The van der Waals surface area contributed by atoms with Crippen LogP contribution in [0.4, 0.5) is 5.69 Å². The second-order valence-electron chi connectivity index (χ2n) is 4.77. The zero-order chi connectivity index (χ0) is 13.8. The van der Waals surface area contributed by atoms with Crippen LogP contribution in [0.5, 0.6) is 0 Å². The van der Waals surface area contributed by atoms with E-state index in [1.165, 1.54) is 0 Å². The SMILES string of the molecule is CCCNc1ccnc(-c2ccc3cccnc3c2)c1. The lowest BCUT2D eigenvalue weighted by Crippen LogP contribution is -1.99. The molecule has 3 heteroatoms. The summed E-state index contributed by atoms with van der Waals surface area (Å²) in [6.45, 7) is 3.13. The number of rotatable bonds is 4. The average Bonchev–Trinajstić information content (AvgIpc) is 2.53. The van der Waals surface area contributed by atoms with Gasteiger partial charge in [0, 0.05) is 35.6 Å². The molecule has 3 nitrogen and oxygen atoms in total. The number of fused-ring (bicyclic) bond motifs is 1.